The first-order valence-electron chi connectivity index (χ1n) is 4.77. The van der Waals surface area contributed by atoms with E-state index in [2.05, 4.69) is 21.2 Å². The maximum absolute atomic E-state index is 11.6. The Balaban J connectivity index is 2.08. The number of sulfone groups is 1. The second-order valence-corrected chi connectivity index (χ2v) is 6.66. The van der Waals surface area contributed by atoms with Crippen LogP contribution in [0.15, 0.2) is 21.2 Å². The lowest BCUT2D eigenvalue weighted by Crippen LogP contribution is -2.37. The summed E-state index contributed by atoms with van der Waals surface area (Å²) >= 11 is 3.07. The average Bonchev–Trinajstić information content (AvgIpc) is 2.74. The highest BCUT2D eigenvalue weighted by atomic mass is 79.9. The van der Waals surface area contributed by atoms with Gasteiger partial charge in [-0.05, 0) is 40.9 Å². The van der Waals surface area contributed by atoms with Crippen LogP contribution in [0.4, 0.5) is 0 Å². The van der Waals surface area contributed by atoms with E-state index in [-0.39, 0.29) is 11.5 Å². The summed E-state index contributed by atoms with van der Waals surface area (Å²) in [5.41, 5.74) is 0. The molecular formula is C9H10BrNO4S. The Morgan fingerprint density at radius 2 is 2.25 bits per heavy atom. The lowest BCUT2D eigenvalue weighted by atomic mass is 10.3. The van der Waals surface area contributed by atoms with Crippen molar-refractivity contribution in [1.29, 1.82) is 0 Å². The summed E-state index contributed by atoms with van der Waals surface area (Å²) in [5, 5.41) is 1.68. The fourth-order valence-electron chi connectivity index (χ4n) is 1.61. The van der Waals surface area contributed by atoms with E-state index < -0.39 is 21.1 Å². The third-order valence-corrected chi connectivity index (χ3v) is 4.92. The largest absolute Gasteiger partial charge is 0.444 e. The molecule has 16 heavy (non-hydrogen) atoms. The molecule has 0 bridgehead atoms. The lowest BCUT2D eigenvalue weighted by molar-refractivity contribution is 0.0919. The van der Waals surface area contributed by atoms with Crippen molar-refractivity contribution in [2.75, 3.05) is 5.75 Å². The van der Waals surface area contributed by atoms with Crippen LogP contribution in [0.2, 0.25) is 0 Å². The van der Waals surface area contributed by atoms with Crippen LogP contribution in [-0.4, -0.2) is 25.5 Å². The van der Waals surface area contributed by atoms with Crippen molar-refractivity contribution >= 4 is 31.7 Å². The number of carbonyl (C=O) groups excluding carboxylic acids is 1. The first kappa shape index (κ1) is 11.7. The first-order valence-corrected chi connectivity index (χ1v) is 7.28. The summed E-state index contributed by atoms with van der Waals surface area (Å²) in [7, 11) is -3.17. The van der Waals surface area contributed by atoms with Crippen LogP contribution < -0.4 is 5.32 Å². The molecule has 0 aliphatic carbocycles. The molecule has 1 unspecified atom stereocenters. The number of rotatable bonds is 2. The minimum Gasteiger partial charge on any atom is -0.444 e. The zero-order chi connectivity index (χ0) is 11.8. The molecule has 0 aromatic carbocycles. The smallest absolute Gasteiger partial charge is 0.288 e. The molecule has 1 aliphatic rings. The molecule has 7 heteroatoms. The summed E-state index contributed by atoms with van der Waals surface area (Å²) in [6.45, 7) is 0. The number of halogens is 1. The van der Waals surface area contributed by atoms with Crippen molar-refractivity contribution in [1.82, 2.24) is 5.32 Å². The Hall–Kier alpha value is -0.820. The highest BCUT2D eigenvalue weighted by Crippen LogP contribution is 2.19. The minimum absolute atomic E-state index is 0.106. The molecule has 1 amide bonds. The second kappa shape index (κ2) is 4.21. The molecule has 1 aromatic rings. The fourth-order valence-corrected chi connectivity index (χ4v) is 3.58. The number of nitrogens with one attached hydrogen (secondary N) is 1. The van der Waals surface area contributed by atoms with Gasteiger partial charge in [0, 0.05) is 0 Å². The van der Waals surface area contributed by atoms with Gasteiger partial charge >= 0.3 is 0 Å². The Kier molecular flexibility index (Phi) is 3.07. The second-order valence-electron chi connectivity index (χ2n) is 3.58. The third kappa shape index (κ3) is 2.30. The van der Waals surface area contributed by atoms with E-state index >= 15 is 0 Å². The summed E-state index contributed by atoms with van der Waals surface area (Å²) in [6.07, 6.45) is 1.06. The van der Waals surface area contributed by atoms with Gasteiger partial charge in [0.2, 0.25) is 0 Å². The van der Waals surface area contributed by atoms with Crippen molar-refractivity contribution in [2.24, 2.45) is 0 Å². The van der Waals surface area contributed by atoms with E-state index in [0.717, 1.165) is 0 Å². The number of hydrogen-bond donors (Lipinski definition) is 1. The number of hydrogen-bond acceptors (Lipinski definition) is 4. The summed E-state index contributed by atoms with van der Waals surface area (Å²) in [4.78, 5) is 11.6. The van der Waals surface area contributed by atoms with Crippen LogP contribution in [-0.2, 0) is 9.84 Å². The number of amides is 1. The quantitative estimate of drug-likeness (QED) is 0.893. The Morgan fingerprint density at radius 3 is 2.75 bits per heavy atom. The molecule has 0 spiro atoms. The fraction of sp³-hybridized carbons (Fsp3) is 0.444. The third-order valence-electron chi connectivity index (χ3n) is 2.42. The predicted molar refractivity (Wildman–Crippen MR) is 60.7 cm³/mol. The van der Waals surface area contributed by atoms with Gasteiger partial charge in [-0.15, -0.1) is 0 Å². The van der Waals surface area contributed by atoms with Crippen molar-refractivity contribution in [3.8, 4) is 0 Å². The van der Waals surface area contributed by atoms with Crippen LogP contribution in [0.1, 0.15) is 23.4 Å². The standard InChI is InChI=1S/C9H10BrNO4S/c10-7-4-3-6(15-7)9(12)11-8-2-1-5-16(8,13)14/h3-4,8H,1-2,5H2,(H,11,12). The molecule has 0 radical (unpaired) electrons. The van der Waals surface area contributed by atoms with Crippen LogP contribution >= 0.6 is 15.9 Å². The van der Waals surface area contributed by atoms with Crippen LogP contribution in [0.5, 0.6) is 0 Å². The van der Waals surface area contributed by atoms with Gasteiger partial charge in [0.05, 0.1) is 5.75 Å². The summed E-state index contributed by atoms with van der Waals surface area (Å²) in [6, 6.07) is 3.07. The number of carbonyl (C=O) groups is 1. The van der Waals surface area contributed by atoms with E-state index in [1.165, 1.54) is 6.07 Å². The predicted octanol–water partition coefficient (Wildman–Crippen LogP) is 1.31. The van der Waals surface area contributed by atoms with E-state index in [1.807, 2.05) is 0 Å². The average molecular weight is 308 g/mol. The van der Waals surface area contributed by atoms with Crippen LogP contribution in [0, 0.1) is 0 Å². The van der Waals surface area contributed by atoms with Gasteiger partial charge in [-0.3, -0.25) is 4.79 Å². The lowest BCUT2D eigenvalue weighted by Gasteiger charge is -2.10. The molecular weight excluding hydrogens is 298 g/mol. The molecule has 1 N–H and O–H groups in total. The topological polar surface area (TPSA) is 76.4 Å². The van der Waals surface area contributed by atoms with E-state index in [1.54, 1.807) is 6.07 Å². The van der Waals surface area contributed by atoms with Crippen molar-refractivity contribution in [3.63, 3.8) is 0 Å². The molecule has 1 atom stereocenters. The summed E-state index contributed by atoms with van der Waals surface area (Å²) in [5.74, 6) is -0.255. The molecule has 1 saturated heterocycles. The van der Waals surface area contributed by atoms with Crippen LogP contribution in [0.25, 0.3) is 0 Å². The van der Waals surface area contributed by atoms with Gasteiger partial charge in [-0.2, -0.15) is 0 Å². The van der Waals surface area contributed by atoms with Gasteiger partial charge < -0.3 is 9.73 Å². The molecule has 0 saturated carbocycles. The molecule has 2 heterocycles. The maximum atomic E-state index is 11.6. The molecule has 1 aromatic heterocycles. The highest BCUT2D eigenvalue weighted by Gasteiger charge is 2.33. The van der Waals surface area contributed by atoms with Gasteiger partial charge in [-0.25, -0.2) is 8.42 Å². The number of furan rings is 1. The zero-order valence-electron chi connectivity index (χ0n) is 8.27. The Morgan fingerprint density at radius 1 is 1.50 bits per heavy atom. The normalized spacial score (nSPS) is 23.2. The maximum Gasteiger partial charge on any atom is 0.288 e. The van der Waals surface area contributed by atoms with Gasteiger partial charge in [-0.1, -0.05) is 0 Å². The molecule has 88 valence electrons. The molecule has 1 aliphatic heterocycles. The zero-order valence-corrected chi connectivity index (χ0v) is 10.7. The molecule has 2 rings (SSSR count). The minimum atomic E-state index is -3.17. The van der Waals surface area contributed by atoms with E-state index in [4.69, 9.17) is 4.42 Å². The van der Waals surface area contributed by atoms with Gasteiger partial charge in [0.1, 0.15) is 5.37 Å². The summed E-state index contributed by atoms with van der Waals surface area (Å²) < 4.78 is 28.4. The Labute approximate surface area is 101 Å². The molecule has 1 fully saturated rings. The van der Waals surface area contributed by atoms with E-state index in [0.29, 0.717) is 17.5 Å². The van der Waals surface area contributed by atoms with Crippen molar-refractivity contribution in [3.05, 3.63) is 22.6 Å². The first-order chi connectivity index (χ1) is 7.49. The van der Waals surface area contributed by atoms with Crippen molar-refractivity contribution < 1.29 is 17.6 Å². The molecule has 5 nitrogen and oxygen atoms in total. The van der Waals surface area contributed by atoms with Crippen molar-refractivity contribution in [2.45, 2.75) is 18.2 Å². The van der Waals surface area contributed by atoms with Gasteiger partial charge in [0.15, 0.2) is 20.3 Å². The Bertz CT molecular complexity index is 507. The monoisotopic (exact) mass is 307 g/mol. The van der Waals surface area contributed by atoms with Crippen LogP contribution in [0.3, 0.4) is 0 Å². The van der Waals surface area contributed by atoms with E-state index in [9.17, 15) is 13.2 Å². The highest BCUT2D eigenvalue weighted by molar-refractivity contribution is 9.10. The van der Waals surface area contributed by atoms with Gasteiger partial charge in [0.25, 0.3) is 5.91 Å². The SMILES string of the molecule is O=C(NC1CCCS1(=O)=O)c1ccc(Br)o1.